The average Bonchev–Trinajstić information content (AvgIpc) is 2.53. The maximum absolute atomic E-state index is 4.51. The Morgan fingerprint density at radius 1 is 1.38 bits per heavy atom. The second-order valence-corrected chi connectivity index (χ2v) is 5.44. The molecule has 0 bridgehead atoms. The first-order valence-corrected chi connectivity index (χ1v) is 6.01. The summed E-state index contributed by atoms with van der Waals surface area (Å²) in [5.41, 5.74) is 0. The van der Waals surface area contributed by atoms with E-state index in [2.05, 4.69) is 18.8 Å². The fraction of sp³-hybridized carbons (Fsp3) is 0.727. The topological polar surface area (TPSA) is 12.9 Å². The standard InChI is InChI=1S/C11H17NS/c1-8-5-3-4-6-10(8)11-12-7-9(2)13-11/h7-8,10H,3-6H2,1-2H3. The van der Waals surface area contributed by atoms with Crippen molar-refractivity contribution in [2.24, 2.45) is 5.92 Å². The van der Waals surface area contributed by atoms with E-state index in [0.29, 0.717) is 0 Å². The molecule has 13 heavy (non-hydrogen) atoms. The maximum atomic E-state index is 4.51. The zero-order chi connectivity index (χ0) is 9.26. The monoisotopic (exact) mass is 195 g/mol. The molecule has 1 fully saturated rings. The number of thiazole rings is 1. The fourth-order valence-corrected chi connectivity index (χ4v) is 3.27. The molecule has 2 unspecified atom stereocenters. The van der Waals surface area contributed by atoms with Gasteiger partial charge in [-0.15, -0.1) is 11.3 Å². The number of hydrogen-bond donors (Lipinski definition) is 0. The molecule has 1 aromatic rings. The van der Waals surface area contributed by atoms with E-state index in [4.69, 9.17) is 0 Å². The quantitative estimate of drug-likeness (QED) is 0.665. The van der Waals surface area contributed by atoms with Gasteiger partial charge in [0.05, 0.1) is 5.01 Å². The molecule has 2 rings (SSSR count). The van der Waals surface area contributed by atoms with Crippen molar-refractivity contribution in [3.05, 3.63) is 16.1 Å². The Bertz CT molecular complexity index is 279. The van der Waals surface area contributed by atoms with Gasteiger partial charge >= 0.3 is 0 Å². The highest BCUT2D eigenvalue weighted by molar-refractivity contribution is 7.11. The molecule has 2 heteroatoms. The van der Waals surface area contributed by atoms with Crippen LogP contribution in [0, 0.1) is 12.8 Å². The zero-order valence-corrected chi connectivity index (χ0v) is 9.23. The summed E-state index contributed by atoms with van der Waals surface area (Å²) in [6, 6.07) is 0. The van der Waals surface area contributed by atoms with E-state index < -0.39 is 0 Å². The molecular formula is C11H17NS. The van der Waals surface area contributed by atoms with Crippen molar-refractivity contribution in [3.8, 4) is 0 Å². The van der Waals surface area contributed by atoms with Crippen LogP contribution < -0.4 is 0 Å². The lowest BCUT2D eigenvalue weighted by molar-refractivity contribution is 0.330. The summed E-state index contributed by atoms with van der Waals surface area (Å²) in [6.45, 7) is 4.52. The Morgan fingerprint density at radius 2 is 2.15 bits per heavy atom. The Hall–Kier alpha value is -0.370. The Morgan fingerprint density at radius 3 is 2.77 bits per heavy atom. The molecule has 0 aromatic carbocycles. The molecule has 0 amide bonds. The molecule has 1 saturated carbocycles. The van der Waals surface area contributed by atoms with E-state index in [9.17, 15) is 0 Å². The van der Waals surface area contributed by atoms with Crippen LogP contribution in [0.25, 0.3) is 0 Å². The minimum Gasteiger partial charge on any atom is -0.249 e. The molecule has 1 nitrogen and oxygen atoms in total. The van der Waals surface area contributed by atoms with Gasteiger partial charge in [0.1, 0.15) is 0 Å². The highest BCUT2D eigenvalue weighted by Crippen LogP contribution is 2.38. The van der Waals surface area contributed by atoms with Gasteiger partial charge in [0.15, 0.2) is 0 Å². The zero-order valence-electron chi connectivity index (χ0n) is 8.42. The third-order valence-electron chi connectivity index (χ3n) is 3.07. The van der Waals surface area contributed by atoms with Crippen LogP contribution in [-0.4, -0.2) is 4.98 Å². The van der Waals surface area contributed by atoms with E-state index in [1.165, 1.54) is 35.6 Å². The lowest BCUT2D eigenvalue weighted by atomic mass is 9.81. The summed E-state index contributed by atoms with van der Waals surface area (Å²) in [5.74, 6) is 1.60. The van der Waals surface area contributed by atoms with E-state index in [0.717, 1.165) is 11.8 Å². The van der Waals surface area contributed by atoms with Crippen LogP contribution in [0.3, 0.4) is 0 Å². The molecular weight excluding hydrogens is 178 g/mol. The van der Waals surface area contributed by atoms with Crippen LogP contribution >= 0.6 is 11.3 Å². The van der Waals surface area contributed by atoms with Crippen LogP contribution in [0.2, 0.25) is 0 Å². The van der Waals surface area contributed by atoms with E-state index in [1.807, 2.05) is 17.5 Å². The second-order valence-electron chi connectivity index (χ2n) is 4.18. The summed E-state index contributed by atoms with van der Waals surface area (Å²) in [7, 11) is 0. The molecule has 0 saturated heterocycles. The molecule has 0 spiro atoms. The van der Waals surface area contributed by atoms with Gasteiger partial charge in [-0.1, -0.05) is 26.2 Å². The highest BCUT2D eigenvalue weighted by Gasteiger charge is 2.24. The summed E-state index contributed by atoms with van der Waals surface area (Å²) in [6.07, 6.45) is 7.58. The van der Waals surface area contributed by atoms with Gasteiger partial charge in [-0.05, 0) is 19.3 Å². The number of aromatic nitrogens is 1. The van der Waals surface area contributed by atoms with E-state index in [-0.39, 0.29) is 0 Å². The number of rotatable bonds is 1. The van der Waals surface area contributed by atoms with Gasteiger partial charge in [0.25, 0.3) is 0 Å². The van der Waals surface area contributed by atoms with Crippen molar-refractivity contribution >= 4 is 11.3 Å². The molecule has 1 aliphatic rings. The van der Waals surface area contributed by atoms with E-state index >= 15 is 0 Å². The minimum atomic E-state index is 0.757. The fourth-order valence-electron chi connectivity index (χ4n) is 2.23. The highest BCUT2D eigenvalue weighted by atomic mass is 32.1. The molecule has 1 aliphatic carbocycles. The summed E-state index contributed by atoms with van der Waals surface area (Å²) in [5, 5.41) is 1.38. The Kier molecular flexibility index (Phi) is 2.68. The predicted molar refractivity (Wildman–Crippen MR) is 57.2 cm³/mol. The van der Waals surface area contributed by atoms with Crippen LogP contribution in [0.1, 0.15) is 48.4 Å². The Balaban J connectivity index is 2.14. The lowest BCUT2D eigenvalue weighted by Gasteiger charge is -2.26. The molecule has 72 valence electrons. The van der Waals surface area contributed by atoms with Crippen LogP contribution in [0.4, 0.5) is 0 Å². The predicted octanol–water partition coefficient (Wildman–Crippen LogP) is 3.75. The molecule has 1 heterocycles. The normalized spacial score (nSPS) is 29.1. The summed E-state index contributed by atoms with van der Waals surface area (Å²) in [4.78, 5) is 5.86. The number of hydrogen-bond acceptors (Lipinski definition) is 2. The third-order valence-corrected chi connectivity index (χ3v) is 4.11. The van der Waals surface area contributed by atoms with Gasteiger partial charge in [-0.25, -0.2) is 4.98 Å². The van der Waals surface area contributed by atoms with Crippen molar-refractivity contribution in [3.63, 3.8) is 0 Å². The van der Waals surface area contributed by atoms with Gasteiger partial charge < -0.3 is 0 Å². The molecule has 2 atom stereocenters. The van der Waals surface area contributed by atoms with Crippen LogP contribution in [-0.2, 0) is 0 Å². The van der Waals surface area contributed by atoms with Crippen molar-refractivity contribution in [2.75, 3.05) is 0 Å². The molecule has 0 radical (unpaired) electrons. The van der Waals surface area contributed by atoms with Crippen molar-refractivity contribution in [2.45, 2.75) is 45.4 Å². The average molecular weight is 195 g/mol. The van der Waals surface area contributed by atoms with Gasteiger partial charge in [-0.2, -0.15) is 0 Å². The number of nitrogens with zero attached hydrogens (tertiary/aromatic N) is 1. The SMILES string of the molecule is Cc1cnc(C2CCCCC2C)s1. The Labute approximate surface area is 84.2 Å². The van der Waals surface area contributed by atoms with Gasteiger partial charge in [-0.3, -0.25) is 0 Å². The van der Waals surface area contributed by atoms with Gasteiger partial charge in [0, 0.05) is 17.0 Å². The number of aryl methyl sites for hydroxylation is 1. The molecule has 0 N–H and O–H groups in total. The molecule has 1 aromatic heterocycles. The molecule has 0 aliphatic heterocycles. The first-order valence-electron chi connectivity index (χ1n) is 5.19. The second kappa shape index (κ2) is 3.79. The van der Waals surface area contributed by atoms with Crippen LogP contribution in [0.5, 0.6) is 0 Å². The maximum Gasteiger partial charge on any atom is 0.0961 e. The van der Waals surface area contributed by atoms with Crippen LogP contribution in [0.15, 0.2) is 6.20 Å². The van der Waals surface area contributed by atoms with Gasteiger partial charge in [0.2, 0.25) is 0 Å². The lowest BCUT2D eigenvalue weighted by Crippen LogP contribution is -2.14. The summed E-state index contributed by atoms with van der Waals surface area (Å²) >= 11 is 1.89. The van der Waals surface area contributed by atoms with Crippen molar-refractivity contribution in [1.29, 1.82) is 0 Å². The first kappa shape index (κ1) is 9.20. The third kappa shape index (κ3) is 1.93. The largest absolute Gasteiger partial charge is 0.249 e. The summed E-state index contributed by atoms with van der Waals surface area (Å²) < 4.78 is 0. The van der Waals surface area contributed by atoms with E-state index in [1.54, 1.807) is 0 Å². The minimum absolute atomic E-state index is 0.757. The smallest absolute Gasteiger partial charge is 0.0961 e. The van der Waals surface area contributed by atoms with Crippen molar-refractivity contribution < 1.29 is 0 Å². The van der Waals surface area contributed by atoms with Crippen molar-refractivity contribution in [1.82, 2.24) is 4.98 Å². The first-order chi connectivity index (χ1) is 6.27.